The predicted molar refractivity (Wildman–Crippen MR) is 110 cm³/mol. The lowest BCUT2D eigenvalue weighted by Crippen LogP contribution is -2.29. The van der Waals surface area contributed by atoms with Gasteiger partial charge in [-0.05, 0) is 101 Å². The van der Waals surface area contributed by atoms with Crippen molar-refractivity contribution < 1.29 is 0 Å². The first-order valence-corrected chi connectivity index (χ1v) is 10.5. The third kappa shape index (κ3) is 2.21. The summed E-state index contributed by atoms with van der Waals surface area (Å²) in [7, 11) is 0. The molecule has 7 rings (SSSR count). The number of halogens is 1. The van der Waals surface area contributed by atoms with E-state index in [-0.39, 0.29) is 0 Å². The standard InChI is InChI=1S/C25H23Cl/c26-20-6-8-23-24(14-20)19-12-15-9-16(13-19)11-18(10-15)22-7-5-17-3-1-2-4-21(17)25(22)23/h1-8,14-16,18-19H,9-13H2. The van der Waals surface area contributed by atoms with Gasteiger partial charge in [0.2, 0.25) is 0 Å². The van der Waals surface area contributed by atoms with Gasteiger partial charge in [-0.25, -0.2) is 0 Å². The van der Waals surface area contributed by atoms with Crippen LogP contribution in [-0.2, 0) is 0 Å². The fourth-order valence-electron chi connectivity index (χ4n) is 6.39. The van der Waals surface area contributed by atoms with Gasteiger partial charge in [-0.3, -0.25) is 0 Å². The van der Waals surface area contributed by atoms with E-state index in [9.17, 15) is 0 Å². The van der Waals surface area contributed by atoms with E-state index in [1.807, 2.05) is 0 Å². The van der Waals surface area contributed by atoms with E-state index in [0.29, 0.717) is 5.92 Å². The first-order valence-electron chi connectivity index (χ1n) is 10.1. The summed E-state index contributed by atoms with van der Waals surface area (Å²) >= 11 is 6.48. The Morgan fingerprint density at radius 3 is 2.23 bits per heavy atom. The smallest absolute Gasteiger partial charge is 0.0409 e. The number of benzene rings is 3. The first-order chi connectivity index (χ1) is 12.8. The minimum atomic E-state index is 0.679. The molecule has 0 N–H and O–H groups in total. The van der Waals surface area contributed by atoms with E-state index in [2.05, 4.69) is 54.6 Å². The normalized spacial score (nSPS) is 29.0. The topological polar surface area (TPSA) is 0 Å². The van der Waals surface area contributed by atoms with Crippen LogP contribution in [0, 0.1) is 11.8 Å². The van der Waals surface area contributed by atoms with Gasteiger partial charge in [0, 0.05) is 5.02 Å². The number of hydrogen-bond donors (Lipinski definition) is 0. The van der Waals surface area contributed by atoms with Gasteiger partial charge in [0.1, 0.15) is 0 Å². The Morgan fingerprint density at radius 2 is 1.42 bits per heavy atom. The Morgan fingerprint density at radius 1 is 0.692 bits per heavy atom. The molecule has 4 aliphatic carbocycles. The summed E-state index contributed by atoms with van der Waals surface area (Å²) in [4.78, 5) is 0. The summed E-state index contributed by atoms with van der Waals surface area (Å²) in [5.41, 5.74) is 6.03. The van der Waals surface area contributed by atoms with Gasteiger partial charge in [-0.2, -0.15) is 0 Å². The number of hydrogen-bond acceptors (Lipinski definition) is 0. The zero-order valence-corrected chi connectivity index (χ0v) is 15.7. The average Bonchev–Trinajstić information content (AvgIpc) is 2.71. The lowest BCUT2D eigenvalue weighted by molar-refractivity contribution is 0.153. The second kappa shape index (κ2) is 5.60. The molecule has 2 atom stereocenters. The summed E-state index contributed by atoms with van der Waals surface area (Å²) in [6.07, 6.45) is 6.91. The fourth-order valence-corrected chi connectivity index (χ4v) is 6.57. The summed E-state index contributed by atoms with van der Waals surface area (Å²) in [5.74, 6) is 3.18. The van der Waals surface area contributed by atoms with Crippen LogP contribution in [0.25, 0.3) is 21.9 Å². The minimum Gasteiger partial charge on any atom is -0.0843 e. The maximum atomic E-state index is 6.48. The third-order valence-corrected chi connectivity index (χ3v) is 7.50. The Hall–Kier alpha value is -1.79. The monoisotopic (exact) mass is 358 g/mol. The van der Waals surface area contributed by atoms with Crippen molar-refractivity contribution in [1.82, 2.24) is 0 Å². The molecule has 0 nitrogen and oxygen atoms in total. The maximum Gasteiger partial charge on any atom is 0.0409 e. The Bertz CT molecular complexity index is 1000. The molecule has 0 heterocycles. The highest BCUT2D eigenvalue weighted by Crippen LogP contribution is 2.56. The van der Waals surface area contributed by atoms with Crippen molar-refractivity contribution in [3.63, 3.8) is 0 Å². The van der Waals surface area contributed by atoms with Crippen LogP contribution in [0.4, 0.5) is 0 Å². The van der Waals surface area contributed by atoms with E-state index >= 15 is 0 Å². The highest BCUT2D eigenvalue weighted by molar-refractivity contribution is 6.30. The van der Waals surface area contributed by atoms with Crippen LogP contribution >= 0.6 is 11.6 Å². The molecule has 2 unspecified atom stereocenters. The van der Waals surface area contributed by atoms with Crippen molar-refractivity contribution in [2.45, 2.75) is 43.9 Å². The van der Waals surface area contributed by atoms with Crippen molar-refractivity contribution in [2.75, 3.05) is 0 Å². The quantitative estimate of drug-likeness (QED) is 0.389. The van der Waals surface area contributed by atoms with Crippen LogP contribution in [0.5, 0.6) is 0 Å². The average molecular weight is 359 g/mol. The van der Waals surface area contributed by atoms with Gasteiger partial charge in [-0.1, -0.05) is 54.1 Å². The molecule has 26 heavy (non-hydrogen) atoms. The Kier molecular flexibility index (Phi) is 3.29. The fraction of sp³-hybridized carbons (Fsp3) is 0.360. The molecule has 4 aliphatic rings. The molecule has 0 saturated heterocycles. The molecular formula is C25H23Cl. The van der Waals surface area contributed by atoms with Crippen LogP contribution in [0.15, 0.2) is 54.6 Å². The molecule has 4 bridgehead atoms. The van der Waals surface area contributed by atoms with Gasteiger partial charge in [0.15, 0.2) is 0 Å². The van der Waals surface area contributed by atoms with Crippen LogP contribution < -0.4 is 0 Å². The number of rotatable bonds is 0. The van der Waals surface area contributed by atoms with E-state index in [4.69, 9.17) is 11.6 Å². The Labute approximate surface area is 160 Å². The maximum absolute atomic E-state index is 6.48. The Balaban J connectivity index is 1.74. The first kappa shape index (κ1) is 15.3. The molecule has 0 spiro atoms. The van der Waals surface area contributed by atoms with Crippen molar-refractivity contribution in [3.8, 4) is 11.1 Å². The lowest BCUT2D eigenvalue weighted by Gasteiger charge is -2.42. The molecular weight excluding hydrogens is 336 g/mol. The van der Waals surface area contributed by atoms with Crippen LogP contribution in [0.2, 0.25) is 5.02 Å². The van der Waals surface area contributed by atoms with Crippen LogP contribution in [-0.4, -0.2) is 0 Å². The van der Waals surface area contributed by atoms with Gasteiger partial charge in [0.05, 0.1) is 0 Å². The second-order valence-corrected chi connectivity index (χ2v) is 9.22. The second-order valence-electron chi connectivity index (χ2n) is 8.79. The molecule has 0 aromatic heterocycles. The largest absolute Gasteiger partial charge is 0.0843 e. The molecule has 3 aromatic rings. The van der Waals surface area contributed by atoms with Crippen LogP contribution in [0.1, 0.15) is 55.1 Å². The molecule has 3 aromatic carbocycles. The highest BCUT2D eigenvalue weighted by atomic mass is 35.5. The van der Waals surface area contributed by atoms with Gasteiger partial charge < -0.3 is 0 Å². The minimum absolute atomic E-state index is 0.679. The summed E-state index contributed by atoms with van der Waals surface area (Å²) in [6, 6.07) is 20.4. The van der Waals surface area contributed by atoms with Crippen molar-refractivity contribution >= 4 is 22.4 Å². The van der Waals surface area contributed by atoms with Crippen molar-refractivity contribution in [3.05, 3.63) is 70.7 Å². The van der Waals surface area contributed by atoms with E-state index in [1.165, 1.54) is 59.6 Å². The molecule has 0 aliphatic heterocycles. The third-order valence-electron chi connectivity index (χ3n) is 7.26. The van der Waals surface area contributed by atoms with E-state index < -0.39 is 0 Å². The van der Waals surface area contributed by atoms with Gasteiger partial charge in [0.25, 0.3) is 0 Å². The van der Waals surface area contributed by atoms with E-state index in [0.717, 1.165) is 22.8 Å². The summed E-state index contributed by atoms with van der Waals surface area (Å²) < 4.78 is 0. The zero-order chi connectivity index (χ0) is 17.3. The summed E-state index contributed by atoms with van der Waals surface area (Å²) in [5, 5.41) is 3.65. The molecule has 130 valence electrons. The van der Waals surface area contributed by atoms with Crippen molar-refractivity contribution in [1.29, 1.82) is 0 Å². The SMILES string of the molecule is Clc1ccc2c(c1)C1CC3CC(C1)CC(C3)c1ccc3ccccc3c1-2. The molecule has 0 radical (unpaired) electrons. The van der Waals surface area contributed by atoms with Gasteiger partial charge in [-0.15, -0.1) is 0 Å². The van der Waals surface area contributed by atoms with Crippen LogP contribution in [0.3, 0.4) is 0 Å². The molecule has 2 fully saturated rings. The predicted octanol–water partition coefficient (Wildman–Crippen LogP) is 7.55. The molecule has 2 saturated carbocycles. The lowest BCUT2D eigenvalue weighted by atomic mass is 9.63. The molecule has 0 amide bonds. The summed E-state index contributed by atoms with van der Waals surface area (Å²) in [6.45, 7) is 0. The van der Waals surface area contributed by atoms with Crippen molar-refractivity contribution in [2.24, 2.45) is 11.8 Å². The zero-order valence-electron chi connectivity index (χ0n) is 14.9. The van der Waals surface area contributed by atoms with Gasteiger partial charge >= 0.3 is 0 Å². The number of fused-ring (bicyclic) bond motifs is 1. The van der Waals surface area contributed by atoms with E-state index in [1.54, 1.807) is 5.56 Å². The molecule has 1 heteroatoms. The highest BCUT2D eigenvalue weighted by Gasteiger charge is 2.40.